The summed E-state index contributed by atoms with van der Waals surface area (Å²) in [7, 11) is 1.70. The third kappa shape index (κ3) is 5.37. The fourth-order valence-corrected chi connectivity index (χ4v) is 1.94. The lowest BCUT2D eigenvalue weighted by Gasteiger charge is -2.15. The first-order valence-corrected chi connectivity index (χ1v) is 6.67. The summed E-state index contributed by atoms with van der Waals surface area (Å²) in [6.07, 6.45) is 4.49. The minimum atomic E-state index is 0.420. The number of hydrogen-bond acceptors (Lipinski definition) is 2. The van der Waals surface area contributed by atoms with E-state index in [0.29, 0.717) is 6.04 Å². The minimum absolute atomic E-state index is 0.420. The van der Waals surface area contributed by atoms with Crippen molar-refractivity contribution in [2.24, 2.45) is 0 Å². The van der Waals surface area contributed by atoms with Gasteiger partial charge in [-0.1, -0.05) is 30.7 Å². The van der Waals surface area contributed by atoms with Gasteiger partial charge in [-0.25, -0.2) is 0 Å². The molecule has 1 rings (SSSR count). The lowest BCUT2D eigenvalue weighted by molar-refractivity contribution is 0.414. The molecule has 0 saturated carbocycles. The Morgan fingerprint density at radius 2 is 1.94 bits per heavy atom. The van der Waals surface area contributed by atoms with E-state index in [4.69, 9.17) is 4.74 Å². The summed E-state index contributed by atoms with van der Waals surface area (Å²) in [5, 5.41) is 3.57. The number of ether oxygens (including phenoxy) is 1. The largest absolute Gasteiger partial charge is 0.497 e. The Bertz CT molecular complexity index is 363. The number of nitrogens with one attached hydrogen (secondary N) is 1. The number of hydrogen-bond donors (Lipinski definition) is 1. The Kier molecular flexibility index (Phi) is 6.51. The number of rotatable bonds is 7. The van der Waals surface area contributed by atoms with Crippen LogP contribution in [0.15, 0.2) is 35.9 Å². The molecule has 1 atom stereocenters. The van der Waals surface area contributed by atoms with E-state index >= 15 is 0 Å². The fraction of sp³-hybridized carbons (Fsp3) is 0.500. The summed E-state index contributed by atoms with van der Waals surface area (Å²) in [5.74, 6) is 0.916. The first-order valence-electron chi connectivity index (χ1n) is 6.67. The Morgan fingerprint density at radius 1 is 1.28 bits per heavy atom. The van der Waals surface area contributed by atoms with Crippen molar-refractivity contribution < 1.29 is 4.74 Å². The maximum absolute atomic E-state index is 5.18. The van der Waals surface area contributed by atoms with Gasteiger partial charge in [0.1, 0.15) is 5.75 Å². The summed E-state index contributed by atoms with van der Waals surface area (Å²) >= 11 is 0. The molecule has 0 radical (unpaired) electrons. The molecule has 18 heavy (non-hydrogen) atoms. The molecule has 0 spiro atoms. The van der Waals surface area contributed by atoms with Crippen LogP contribution < -0.4 is 10.1 Å². The van der Waals surface area contributed by atoms with Crippen molar-refractivity contribution in [1.82, 2.24) is 5.32 Å². The van der Waals surface area contributed by atoms with E-state index in [1.807, 2.05) is 12.1 Å². The highest BCUT2D eigenvalue weighted by atomic mass is 16.5. The molecule has 0 bridgehead atoms. The molecule has 2 heteroatoms. The highest BCUT2D eigenvalue weighted by molar-refractivity contribution is 5.28. The average molecular weight is 247 g/mol. The molecule has 0 amide bonds. The van der Waals surface area contributed by atoms with Gasteiger partial charge in [-0.2, -0.15) is 0 Å². The van der Waals surface area contributed by atoms with Crippen LogP contribution in [0.5, 0.6) is 5.75 Å². The molecule has 1 aromatic rings. The Balaban J connectivity index is 2.65. The quantitative estimate of drug-likeness (QED) is 0.744. The van der Waals surface area contributed by atoms with Gasteiger partial charge in [0.05, 0.1) is 7.11 Å². The summed E-state index contributed by atoms with van der Waals surface area (Å²) in [4.78, 5) is 0. The fourth-order valence-electron chi connectivity index (χ4n) is 1.94. The van der Waals surface area contributed by atoms with E-state index in [-0.39, 0.29) is 0 Å². The zero-order valence-corrected chi connectivity index (χ0v) is 12.0. The van der Waals surface area contributed by atoms with E-state index in [2.05, 4.69) is 44.3 Å². The van der Waals surface area contributed by atoms with Crippen molar-refractivity contribution in [2.45, 2.75) is 39.7 Å². The van der Waals surface area contributed by atoms with Gasteiger partial charge in [0.15, 0.2) is 0 Å². The van der Waals surface area contributed by atoms with Crippen molar-refractivity contribution in [3.8, 4) is 5.75 Å². The van der Waals surface area contributed by atoms with Crippen molar-refractivity contribution in [2.75, 3.05) is 13.7 Å². The topological polar surface area (TPSA) is 21.3 Å². The molecule has 0 heterocycles. The molecule has 100 valence electrons. The molecule has 2 nitrogen and oxygen atoms in total. The highest BCUT2D eigenvalue weighted by Crippen LogP contribution is 2.13. The zero-order chi connectivity index (χ0) is 13.4. The van der Waals surface area contributed by atoms with Crippen LogP contribution in [0.25, 0.3) is 0 Å². The van der Waals surface area contributed by atoms with Crippen molar-refractivity contribution in [3.05, 3.63) is 41.5 Å². The highest BCUT2D eigenvalue weighted by Gasteiger charge is 2.05. The molecular weight excluding hydrogens is 222 g/mol. The Labute approximate surface area is 111 Å². The molecule has 1 aromatic carbocycles. The third-order valence-electron chi connectivity index (χ3n) is 2.81. The maximum atomic E-state index is 5.18. The SMILES string of the molecule is CCCNC(C=C(C)C)Cc1ccc(OC)cc1. The van der Waals surface area contributed by atoms with Crippen LogP contribution in [0.1, 0.15) is 32.8 Å². The molecule has 0 saturated heterocycles. The van der Waals surface area contributed by atoms with Gasteiger partial charge in [0.25, 0.3) is 0 Å². The Morgan fingerprint density at radius 3 is 2.44 bits per heavy atom. The van der Waals surface area contributed by atoms with Gasteiger partial charge >= 0.3 is 0 Å². The number of allylic oxidation sites excluding steroid dienone is 1. The molecule has 0 aliphatic carbocycles. The van der Waals surface area contributed by atoms with Gasteiger partial charge in [0, 0.05) is 6.04 Å². The lowest BCUT2D eigenvalue weighted by atomic mass is 10.0. The number of benzene rings is 1. The summed E-state index contributed by atoms with van der Waals surface area (Å²) < 4.78 is 5.18. The molecular formula is C16H25NO. The smallest absolute Gasteiger partial charge is 0.118 e. The van der Waals surface area contributed by atoms with Crippen molar-refractivity contribution in [1.29, 1.82) is 0 Å². The maximum Gasteiger partial charge on any atom is 0.118 e. The van der Waals surface area contributed by atoms with Crippen LogP contribution >= 0.6 is 0 Å². The monoisotopic (exact) mass is 247 g/mol. The predicted molar refractivity (Wildman–Crippen MR) is 78.2 cm³/mol. The summed E-state index contributed by atoms with van der Waals surface area (Å²) in [5.41, 5.74) is 2.69. The van der Waals surface area contributed by atoms with E-state index in [1.54, 1.807) is 7.11 Å². The van der Waals surface area contributed by atoms with Gasteiger partial charge in [-0.05, 0) is 50.9 Å². The summed E-state index contributed by atoms with van der Waals surface area (Å²) in [6.45, 7) is 7.55. The van der Waals surface area contributed by atoms with Crippen molar-refractivity contribution >= 4 is 0 Å². The standard InChI is InChI=1S/C16H25NO/c1-5-10-17-15(11-13(2)3)12-14-6-8-16(18-4)9-7-14/h6-9,11,15,17H,5,10,12H2,1-4H3. The second-order valence-corrected chi connectivity index (χ2v) is 4.86. The number of methoxy groups -OCH3 is 1. The molecule has 1 N–H and O–H groups in total. The molecule has 0 aromatic heterocycles. The van der Waals surface area contributed by atoms with Gasteiger partial charge in [0.2, 0.25) is 0 Å². The zero-order valence-electron chi connectivity index (χ0n) is 12.0. The first kappa shape index (κ1) is 14.8. The Hall–Kier alpha value is -1.28. The van der Waals surface area contributed by atoms with Crippen LogP contribution in [0.4, 0.5) is 0 Å². The predicted octanol–water partition coefficient (Wildman–Crippen LogP) is 3.57. The van der Waals surface area contributed by atoms with E-state index in [1.165, 1.54) is 11.1 Å². The second kappa shape index (κ2) is 7.93. The molecule has 0 aliphatic rings. The van der Waals surface area contributed by atoms with Gasteiger partial charge < -0.3 is 10.1 Å². The van der Waals surface area contributed by atoms with Crippen LogP contribution in [0, 0.1) is 0 Å². The second-order valence-electron chi connectivity index (χ2n) is 4.86. The van der Waals surface area contributed by atoms with E-state index < -0.39 is 0 Å². The van der Waals surface area contributed by atoms with E-state index in [9.17, 15) is 0 Å². The summed E-state index contributed by atoms with van der Waals surface area (Å²) in [6, 6.07) is 8.74. The van der Waals surface area contributed by atoms with Crippen molar-refractivity contribution in [3.63, 3.8) is 0 Å². The molecule has 1 unspecified atom stereocenters. The van der Waals surface area contributed by atoms with Crippen LogP contribution in [0.2, 0.25) is 0 Å². The molecule has 0 aliphatic heterocycles. The van der Waals surface area contributed by atoms with Crippen LogP contribution in [0.3, 0.4) is 0 Å². The minimum Gasteiger partial charge on any atom is -0.497 e. The third-order valence-corrected chi connectivity index (χ3v) is 2.81. The van der Waals surface area contributed by atoms with Gasteiger partial charge in [-0.3, -0.25) is 0 Å². The van der Waals surface area contributed by atoms with Gasteiger partial charge in [-0.15, -0.1) is 0 Å². The van der Waals surface area contributed by atoms with Crippen LogP contribution in [-0.4, -0.2) is 19.7 Å². The lowest BCUT2D eigenvalue weighted by Crippen LogP contribution is -2.30. The average Bonchev–Trinajstić information content (AvgIpc) is 2.36. The normalized spacial score (nSPS) is 12.0. The molecule has 0 fully saturated rings. The van der Waals surface area contributed by atoms with Crippen LogP contribution in [-0.2, 0) is 6.42 Å². The van der Waals surface area contributed by atoms with E-state index in [0.717, 1.165) is 25.1 Å². The first-order chi connectivity index (χ1) is 8.65.